The highest BCUT2D eigenvalue weighted by Crippen LogP contribution is 2.22. The number of carboxylic acid groups (broad SMARTS) is 1. The summed E-state index contributed by atoms with van der Waals surface area (Å²) in [5, 5.41) is 11.5. The first-order valence-corrected chi connectivity index (χ1v) is 7.70. The van der Waals surface area contributed by atoms with Crippen LogP contribution in [0.25, 0.3) is 0 Å². The smallest absolute Gasteiger partial charge is 0.430 e. The third kappa shape index (κ3) is 8.25. The highest BCUT2D eigenvalue weighted by atomic mass is 19.4. The number of benzene rings is 1. The van der Waals surface area contributed by atoms with Crippen LogP contribution < -0.4 is 11.1 Å². The van der Waals surface area contributed by atoms with Crippen LogP contribution in [0.1, 0.15) is 26.3 Å². The Kier molecular flexibility index (Phi) is 6.98. The lowest BCUT2D eigenvalue weighted by molar-refractivity contribution is -0.129. The predicted molar refractivity (Wildman–Crippen MR) is 92.6 cm³/mol. The van der Waals surface area contributed by atoms with Crippen LogP contribution in [0.2, 0.25) is 0 Å². The van der Waals surface area contributed by atoms with Crippen LogP contribution in [0.15, 0.2) is 41.0 Å². The second kappa shape index (κ2) is 8.56. The summed E-state index contributed by atoms with van der Waals surface area (Å²) in [4.78, 5) is 26.4. The van der Waals surface area contributed by atoms with Crippen molar-refractivity contribution in [2.75, 3.05) is 0 Å². The van der Waals surface area contributed by atoms with Crippen LogP contribution in [0.3, 0.4) is 0 Å². The summed E-state index contributed by atoms with van der Waals surface area (Å²) in [5.74, 6) is -1.67. The number of rotatable bonds is 5. The summed E-state index contributed by atoms with van der Waals surface area (Å²) < 4.78 is 42.5. The number of nitrogens with zero attached hydrogens (tertiary/aromatic N) is 1. The first kappa shape index (κ1) is 22.0. The normalized spacial score (nSPS) is 13.3. The molecular weight excluding hydrogens is 367 g/mol. The van der Waals surface area contributed by atoms with E-state index < -0.39 is 35.2 Å². The van der Waals surface area contributed by atoms with E-state index in [1.807, 2.05) is 0 Å². The van der Waals surface area contributed by atoms with E-state index in [0.29, 0.717) is 5.56 Å². The number of alkyl halides is 3. The molecule has 0 radical (unpaired) electrons. The zero-order valence-electron chi connectivity index (χ0n) is 14.9. The number of halogens is 3. The average molecular weight is 387 g/mol. The van der Waals surface area contributed by atoms with E-state index in [9.17, 15) is 22.8 Å². The van der Waals surface area contributed by atoms with Crippen molar-refractivity contribution in [2.45, 2.75) is 39.1 Å². The van der Waals surface area contributed by atoms with Crippen LogP contribution in [-0.2, 0) is 16.1 Å². The fourth-order valence-electron chi connectivity index (χ4n) is 1.73. The van der Waals surface area contributed by atoms with Gasteiger partial charge in [0.25, 0.3) is 0 Å². The summed E-state index contributed by atoms with van der Waals surface area (Å²) >= 11 is 0. The summed E-state index contributed by atoms with van der Waals surface area (Å²) in [5.41, 5.74) is 2.34. The number of carbonyl (C=O) groups is 2. The van der Waals surface area contributed by atoms with E-state index in [0.717, 1.165) is 0 Å². The van der Waals surface area contributed by atoms with Crippen molar-refractivity contribution < 1.29 is 32.6 Å². The van der Waals surface area contributed by atoms with Crippen molar-refractivity contribution in [3.05, 3.63) is 41.6 Å². The largest absolute Gasteiger partial charge is 0.477 e. The number of aliphatic imine (C=N–C) groups is 1. The molecule has 0 saturated carbocycles. The van der Waals surface area contributed by atoms with Crippen molar-refractivity contribution in [2.24, 2.45) is 10.7 Å². The molecule has 0 aromatic heterocycles. The Morgan fingerprint density at radius 2 is 1.93 bits per heavy atom. The summed E-state index contributed by atoms with van der Waals surface area (Å²) in [6, 6.07) is 5.95. The van der Waals surface area contributed by atoms with Crippen molar-refractivity contribution >= 4 is 23.5 Å². The minimum absolute atomic E-state index is 0.0568. The van der Waals surface area contributed by atoms with Gasteiger partial charge in [0.15, 0.2) is 5.71 Å². The summed E-state index contributed by atoms with van der Waals surface area (Å²) in [6.07, 6.45) is -5.27. The zero-order valence-corrected chi connectivity index (χ0v) is 14.9. The van der Waals surface area contributed by atoms with E-state index in [-0.39, 0.29) is 18.3 Å². The van der Waals surface area contributed by atoms with Gasteiger partial charge in [-0.2, -0.15) is 13.2 Å². The lowest BCUT2D eigenvalue weighted by Gasteiger charge is -2.19. The number of amides is 1. The number of hydrogen-bond acceptors (Lipinski definition) is 5. The first-order chi connectivity index (χ1) is 12.3. The Balaban J connectivity index is 2.97. The number of aliphatic carboxylic acids is 1. The monoisotopic (exact) mass is 387 g/mol. The van der Waals surface area contributed by atoms with Crippen LogP contribution in [0, 0.1) is 0 Å². The van der Waals surface area contributed by atoms with Crippen molar-refractivity contribution in [1.82, 2.24) is 5.32 Å². The van der Waals surface area contributed by atoms with E-state index in [1.54, 1.807) is 26.8 Å². The van der Waals surface area contributed by atoms with Gasteiger partial charge in [-0.15, -0.1) is 0 Å². The number of allylic oxidation sites excluding steroid dienone is 1. The van der Waals surface area contributed by atoms with E-state index >= 15 is 0 Å². The molecule has 0 aliphatic carbocycles. The Labute approximate surface area is 153 Å². The molecule has 0 aliphatic rings. The highest BCUT2D eigenvalue weighted by molar-refractivity contribution is 6.41. The Hall–Kier alpha value is -3.04. The van der Waals surface area contributed by atoms with Crippen LogP contribution in [-0.4, -0.2) is 34.7 Å². The fraction of sp³-hybridized carbons (Fsp3) is 0.353. The lowest BCUT2D eigenvalue weighted by atomic mass is 10.2. The number of carbonyl (C=O) groups excluding carboxylic acids is 1. The second-order valence-electron chi connectivity index (χ2n) is 6.42. The van der Waals surface area contributed by atoms with Gasteiger partial charge in [-0.3, -0.25) is 0 Å². The third-order valence-electron chi connectivity index (χ3n) is 2.83. The minimum Gasteiger partial charge on any atom is -0.477 e. The number of carboxylic acids is 1. The van der Waals surface area contributed by atoms with Gasteiger partial charge in [0.05, 0.1) is 5.69 Å². The maximum absolute atomic E-state index is 12.5. The molecule has 1 rings (SSSR count). The van der Waals surface area contributed by atoms with E-state index in [1.165, 1.54) is 18.2 Å². The van der Waals surface area contributed by atoms with Gasteiger partial charge in [0.2, 0.25) is 0 Å². The Bertz CT molecular complexity index is 765. The molecule has 0 atom stereocenters. The number of hydrogen-bond donors (Lipinski definition) is 3. The molecule has 4 N–H and O–H groups in total. The summed E-state index contributed by atoms with van der Waals surface area (Å²) in [7, 11) is 0. The van der Waals surface area contributed by atoms with Gasteiger partial charge in [-0.05, 0) is 44.5 Å². The molecule has 0 saturated heterocycles. The molecular formula is C17H20F3N3O4. The molecule has 0 spiro atoms. The minimum atomic E-state index is -4.87. The maximum Gasteiger partial charge on any atom is 0.430 e. The lowest BCUT2D eigenvalue weighted by Crippen LogP contribution is -2.32. The fourth-order valence-corrected chi connectivity index (χ4v) is 1.73. The SMILES string of the molecule is CC(C)(C)OC(=O)NCc1cccc(N=C(C=C(N)C(F)(F)F)C(=O)O)c1. The molecule has 0 fully saturated rings. The molecule has 0 bridgehead atoms. The first-order valence-electron chi connectivity index (χ1n) is 7.70. The highest BCUT2D eigenvalue weighted by Gasteiger charge is 2.32. The molecule has 1 aromatic rings. The number of nitrogens with one attached hydrogen (secondary N) is 1. The third-order valence-corrected chi connectivity index (χ3v) is 2.83. The van der Waals surface area contributed by atoms with Crippen molar-refractivity contribution in [1.29, 1.82) is 0 Å². The van der Waals surface area contributed by atoms with Gasteiger partial charge in [0, 0.05) is 6.54 Å². The quantitative estimate of drug-likeness (QED) is 0.671. The molecule has 0 unspecified atom stereocenters. The van der Waals surface area contributed by atoms with Crippen molar-refractivity contribution in [3.8, 4) is 0 Å². The van der Waals surface area contributed by atoms with Crippen LogP contribution >= 0.6 is 0 Å². The van der Waals surface area contributed by atoms with E-state index in [2.05, 4.69) is 10.3 Å². The topological polar surface area (TPSA) is 114 Å². The van der Waals surface area contributed by atoms with E-state index in [4.69, 9.17) is 15.6 Å². The molecule has 7 nitrogen and oxygen atoms in total. The van der Waals surface area contributed by atoms with Gasteiger partial charge in [-0.25, -0.2) is 14.6 Å². The predicted octanol–water partition coefficient (Wildman–Crippen LogP) is 3.27. The second-order valence-corrected chi connectivity index (χ2v) is 6.42. The van der Waals surface area contributed by atoms with Crippen molar-refractivity contribution in [3.63, 3.8) is 0 Å². The van der Waals surface area contributed by atoms with Gasteiger partial charge in [0.1, 0.15) is 11.3 Å². The summed E-state index contributed by atoms with van der Waals surface area (Å²) in [6.45, 7) is 5.17. The maximum atomic E-state index is 12.5. The Morgan fingerprint density at radius 1 is 1.30 bits per heavy atom. The van der Waals surface area contributed by atoms with Gasteiger partial charge < -0.3 is 20.9 Å². The molecule has 1 amide bonds. The molecule has 27 heavy (non-hydrogen) atoms. The average Bonchev–Trinajstić information content (AvgIpc) is 2.50. The molecule has 10 heteroatoms. The van der Waals surface area contributed by atoms with Crippen LogP contribution in [0.4, 0.5) is 23.7 Å². The number of nitrogens with two attached hydrogens (primary N) is 1. The van der Waals surface area contributed by atoms with Crippen LogP contribution in [0.5, 0.6) is 0 Å². The molecule has 148 valence electrons. The number of alkyl carbamates (subject to hydrolysis) is 1. The van der Waals surface area contributed by atoms with Gasteiger partial charge >= 0.3 is 18.2 Å². The number of ether oxygens (including phenoxy) is 1. The Morgan fingerprint density at radius 3 is 2.44 bits per heavy atom. The molecule has 1 aromatic carbocycles. The standard InChI is InChI=1S/C17H20F3N3O4/c1-16(2,3)27-15(26)22-9-10-5-4-6-11(7-10)23-12(14(24)25)8-13(21)17(18,19)20/h4-8H,9,21H2,1-3H3,(H,22,26)(H,24,25). The zero-order chi connectivity index (χ0) is 20.8. The molecule has 0 heterocycles. The van der Waals surface area contributed by atoms with Gasteiger partial charge in [-0.1, -0.05) is 12.1 Å². The molecule has 0 aliphatic heterocycles.